The average molecular weight is 412 g/mol. The smallest absolute Gasteiger partial charge is 0.268 e. The number of rotatable bonds is 4. The van der Waals surface area contributed by atoms with Crippen molar-refractivity contribution in [2.45, 2.75) is 6.92 Å². The van der Waals surface area contributed by atoms with Crippen molar-refractivity contribution in [3.05, 3.63) is 83.7 Å². The van der Waals surface area contributed by atoms with E-state index in [9.17, 15) is 4.79 Å². The Balaban J connectivity index is 1.53. The van der Waals surface area contributed by atoms with Gasteiger partial charge in [0.15, 0.2) is 5.82 Å². The standard InChI is InChI=1S/C25H21N3OS/c1-3-28(20-14-8-10-17-9-4-5-11-18(17)20)25(29)23-16-15-22(30-23)24-26-19-12-6-7-13-21(19)27(24)2/h4-16H,3H2,1-2H3. The summed E-state index contributed by atoms with van der Waals surface area (Å²) in [6.07, 6.45) is 0. The molecule has 0 bridgehead atoms. The molecule has 148 valence electrons. The molecule has 1 amide bonds. The molecule has 2 aromatic heterocycles. The second-order valence-electron chi connectivity index (χ2n) is 7.19. The minimum Gasteiger partial charge on any atom is -0.326 e. The zero-order chi connectivity index (χ0) is 20.7. The van der Waals surface area contributed by atoms with Gasteiger partial charge in [-0.05, 0) is 42.6 Å². The predicted octanol–water partition coefficient (Wildman–Crippen LogP) is 6.12. The van der Waals surface area contributed by atoms with Gasteiger partial charge in [0.1, 0.15) is 0 Å². The Kier molecular flexibility index (Phi) is 4.60. The van der Waals surface area contributed by atoms with Gasteiger partial charge in [-0.1, -0.05) is 48.5 Å². The van der Waals surface area contributed by atoms with Crippen LogP contribution in [0.5, 0.6) is 0 Å². The van der Waals surface area contributed by atoms with Crippen molar-refractivity contribution < 1.29 is 4.79 Å². The molecule has 3 aromatic carbocycles. The second kappa shape index (κ2) is 7.43. The van der Waals surface area contributed by atoms with E-state index in [4.69, 9.17) is 4.98 Å². The molecule has 2 heterocycles. The van der Waals surface area contributed by atoms with Gasteiger partial charge in [0.05, 0.1) is 26.5 Å². The van der Waals surface area contributed by atoms with Crippen LogP contribution in [0.15, 0.2) is 78.9 Å². The van der Waals surface area contributed by atoms with Crippen molar-refractivity contribution in [2.75, 3.05) is 11.4 Å². The fourth-order valence-corrected chi connectivity index (χ4v) is 4.92. The molecule has 0 aliphatic carbocycles. The Morgan fingerprint density at radius 3 is 2.57 bits per heavy atom. The number of aromatic nitrogens is 2. The molecule has 0 atom stereocenters. The second-order valence-corrected chi connectivity index (χ2v) is 8.28. The van der Waals surface area contributed by atoms with Crippen LogP contribution in [-0.4, -0.2) is 22.0 Å². The molecule has 0 fully saturated rings. The van der Waals surface area contributed by atoms with Gasteiger partial charge in [0.25, 0.3) is 5.91 Å². The normalized spacial score (nSPS) is 11.3. The molecule has 5 aromatic rings. The lowest BCUT2D eigenvalue weighted by atomic mass is 10.1. The maximum Gasteiger partial charge on any atom is 0.268 e. The molecular weight excluding hydrogens is 390 g/mol. The summed E-state index contributed by atoms with van der Waals surface area (Å²) in [5.74, 6) is 0.900. The van der Waals surface area contributed by atoms with Crippen LogP contribution >= 0.6 is 11.3 Å². The molecule has 0 aliphatic heterocycles. The van der Waals surface area contributed by atoms with Crippen LogP contribution in [0.1, 0.15) is 16.6 Å². The van der Waals surface area contributed by atoms with E-state index in [1.54, 1.807) is 0 Å². The molecule has 30 heavy (non-hydrogen) atoms. The lowest BCUT2D eigenvalue weighted by molar-refractivity contribution is 0.0992. The topological polar surface area (TPSA) is 38.1 Å². The fraction of sp³-hybridized carbons (Fsp3) is 0.120. The van der Waals surface area contributed by atoms with Crippen molar-refractivity contribution in [2.24, 2.45) is 7.05 Å². The molecule has 0 radical (unpaired) electrons. The molecule has 0 saturated carbocycles. The molecular formula is C25H21N3OS. The lowest BCUT2D eigenvalue weighted by Gasteiger charge is -2.22. The van der Waals surface area contributed by atoms with Crippen LogP contribution in [0.2, 0.25) is 0 Å². The first kappa shape index (κ1) is 18.6. The molecule has 0 saturated heterocycles. The number of fused-ring (bicyclic) bond motifs is 2. The number of carbonyl (C=O) groups is 1. The Bertz CT molecular complexity index is 1380. The van der Waals surface area contributed by atoms with Gasteiger partial charge in [-0.15, -0.1) is 11.3 Å². The summed E-state index contributed by atoms with van der Waals surface area (Å²) in [6, 6.07) is 26.3. The van der Waals surface area contributed by atoms with E-state index in [1.165, 1.54) is 11.3 Å². The van der Waals surface area contributed by atoms with Crippen molar-refractivity contribution in [3.8, 4) is 10.7 Å². The van der Waals surface area contributed by atoms with Crippen molar-refractivity contribution in [3.63, 3.8) is 0 Å². The van der Waals surface area contributed by atoms with Crippen LogP contribution in [0, 0.1) is 0 Å². The minimum absolute atomic E-state index is 0.0175. The first-order valence-corrected chi connectivity index (χ1v) is 10.8. The molecule has 4 nitrogen and oxygen atoms in total. The van der Waals surface area contributed by atoms with E-state index in [-0.39, 0.29) is 5.91 Å². The van der Waals surface area contributed by atoms with Crippen LogP contribution in [0.3, 0.4) is 0 Å². The van der Waals surface area contributed by atoms with Gasteiger partial charge >= 0.3 is 0 Å². The maximum absolute atomic E-state index is 13.4. The summed E-state index contributed by atoms with van der Waals surface area (Å²) in [5, 5.41) is 2.22. The van der Waals surface area contributed by atoms with Gasteiger partial charge in [0, 0.05) is 19.0 Å². The largest absolute Gasteiger partial charge is 0.326 e. The number of hydrogen-bond acceptors (Lipinski definition) is 3. The number of hydrogen-bond donors (Lipinski definition) is 0. The predicted molar refractivity (Wildman–Crippen MR) is 125 cm³/mol. The minimum atomic E-state index is 0.0175. The number of anilines is 1. The SMILES string of the molecule is CCN(C(=O)c1ccc(-c2nc3ccccc3n2C)s1)c1cccc2ccccc12. The van der Waals surface area contributed by atoms with Gasteiger partial charge in [-0.2, -0.15) is 0 Å². The number of amides is 1. The first-order chi connectivity index (χ1) is 14.7. The highest BCUT2D eigenvalue weighted by atomic mass is 32.1. The third-order valence-electron chi connectivity index (χ3n) is 5.44. The van der Waals surface area contributed by atoms with Crippen LogP contribution < -0.4 is 4.90 Å². The van der Waals surface area contributed by atoms with E-state index in [0.717, 1.165) is 38.2 Å². The first-order valence-electron chi connectivity index (χ1n) is 9.98. The molecule has 5 heteroatoms. The quantitative estimate of drug-likeness (QED) is 0.357. The zero-order valence-electron chi connectivity index (χ0n) is 16.9. The lowest BCUT2D eigenvalue weighted by Crippen LogP contribution is -2.30. The summed E-state index contributed by atoms with van der Waals surface area (Å²) < 4.78 is 2.08. The number of benzene rings is 3. The van der Waals surface area contributed by atoms with Gasteiger partial charge in [-0.25, -0.2) is 4.98 Å². The summed E-state index contributed by atoms with van der Waals surface area (Å²) in [4.78, 5) is 21.8. The van der Waals surface area contributed by atoms with Crippen molar-refractivity contribution in [1.82, 2.24) is 9.55 Å². The third-order valence-corrected chi connectivity index (χ3v) is 6.51. The summed E-state index contributed by atoms with van der Waals surface area (Å²) in [7, 11) is 2.01. The molecule has 0 spiro atoms. The Labute approximate surface area is 179 Å². The van der Waals surface area contributed by atoms with Crippen LogP contribution in [-0.2, 0) is 7.05 Å². The Morgan fingerprint density at radius 2 is 1.73 bits per heavy atom. The Hall–Kier alpha value is -3.44. The molecule has 5 rings (SSSR count). The number of carbonyl (C=O) groups excluding carboxylic acids is 1. The number of imidazole rings is 1. The molecule has 0 unspecified atom stereocenters. The summed E-state index contributed by atoms with van der Waals surface area (Å²) in [5.41, 5.74) is 2.99. The maximum atomic E-state index is 13.4. The zero-order valence-corrected chi connectivity index (χ0v) is 17.7. The Morgan fingerprint density at radius 1 is 0.967 bits per heavy atom. The van der Waals surface area contributed by atoms with E-state index in [2.05, 4.69) is 28.8 Å². The van der Waals surface area contributed by atoms with Crippen molar-refractivity contribution in [1.29, 1.82) is 0 Å². The van der Waals surface area contributed by atoms with Gasteiger partial charge < -0.3 is 9.47 Å². The molecule has 0 aliphatic rings. The number of aryl methyl sites for hydroxylation is 1. The van der Waals surface area contributed by atoms with Gasteiger partial charge in [0.2, 0.25) is 0 Å². The van der Waals surface area contributed by atoms with E-state index < -0.39 is 0 Å². The van der Waals surface area contributed by atoms with E-state index >= 15 is 0 Å². The number of para-hydroxylation sites is 2. The van der Waals surface area contributed by atoms with Crippen LogP contribution in [0.25, 0.3) is 32.5 Å². The summed E-state index contributed by atoms with van der Waals surface area (Å²) in [6.45, 7) is 2.62. The van der Waals surface area contributed by atoms with Gasteiger partial charge in [-0.3, -0.25) is 4.79 Å². The molecule has 0 N–H and O–H groups in total. The summed E-state index contributed by atoms with van der Waals surface area (Å²) >= 11 is 1.49. The van der Waals surface area contributed by atoms with Crippen LogP contribution in [0.4, 0.5) is 5.69 Å². The number of thiophene rings is 1. The highest BCUT2D eigenvalue weighted by molar-refractivity contribution is 7.17. The van der Waals surface area contributed by atoms with E-state index in [0.29, 0.717) is 11.4 Å². The highest BCUT2D eigenvalue weighted by Gasteiger charge is 2.21. The average Bonchev–Trinajstić information content (AvgIpc) is 3.40. The van der Waals surface area contributed by atoms with E-state index in [1.807, 2.05) is 73.5 Å². The fourth-order valence-electron chi connectivity index (χ4n) is 3.94. The van der Waals surface area contributed by atoms with Crippen molar-refractivity contribution >= 4 is 44.7 Å². The highest BCUT2D eigenvalue weighted by Crippen LogP contribution is 2.33. The third kappa shape index (κ3) is 2.99. The number of nitrogens with zero attached hydrogens (tertiary/aromatic N) is 3. The monoisotopic (exact) mass is 411 g/mol.